The molecule has 0 fully saturated rings. The van der Waals surface area contributed by atoms with E-state index in [1.165, 1.54) is 10.4 Å². The van der Waals surface area contributed by atoms with E-state index in [-0.39, 0.29) is 6.61 Å². The molecule has 0 spiro atoms. The van der Waals surface area contributed by atoms with Crippen molar-refractivity contribution in [2.75, 3.05) is 20.2 Å². The zero-order valence-electron chi connectivity index (χ0n) is 10.7. The minimum Gasteiger partial charge on any atom is -0.396 e. The Kier molecular flexibility index (Phi) is 5.46. The molecule has 1 aromatic heterocycles. The molecule has 1 rings (SSSR count). The van der Waals surface area contributed by atoms with E-state index in [0.29, 0.717) is 11.8 Å². The van der Waals surface area contributed by atoms with Crippen LogP contribution in [0.15, 0.2) is 11.4 Å². The molecule has 16 heavy (non-hydrogen) atoms. The summed E-state index contributed by atoms with van der Waals surface area (Å²) in [7, 11) is 2.13. The van der Waals surface area contributed by atoms with Crippen LogP contribution >= 0.6 is 11.3 Å². The van der Waals surface area contributed by atoms with Crippen LogP contribution in [0, 0.1) is 18.8 Å². The van der Waals surface area contributed by atoms with Crippen molar-refractivity contribution in [3.63, 3.8) is 0 Å². The lowest BCUT2D eigenvalue weighted by atomic mass is 9.96. The summed E-state index contributed by atoms with van der Waals surface area (Å²) in [6.07, 6.45) is 0. The Labute approximate surface area is 103 Å². The predicted molar refractivity (Wildman–Crippen MR) is 70.8 cm³/mol. The SMILES string of the molecule is Cc1ccsc1CN(C)CC(CO)C(C)C. The molecule has 1 aromatic rings. The molecule has 1 unspecified atom stereocenters. The van der Waals surface area contributed by atoms with E-state index in [2.05, 4.69) is 44.2 Å². The van der Waals surface area contributed by atoms with Crippen LogP contribution in [0.3, 0.4) is 0 Å². The third kappa shape index (κ3) is 3.89. The summed E-state index contributed by atoms with van der Waals surface area (Å²) >= 11 is 1.82. The van der Waals surface area contributed by atoms with Crippen LogP contribution in [0.2, 0.25) is 0 Å². The van der Waals surface area contributed by atoms with Crippen LogP contribution in [0.5, 0.6) is 0 Å². The molecule has 92 valence electrons. The molecule has 1 heterocycles. The fourth-order valence-electron chi connectivity index (χ4n) is 1.76. The fraction of sp³-hybridized carbons (Fsp3) is 0.692. The quantitative estimate of drug-likeness (QED) is 0.828. The van der Waals surface area contributed by atoms with E-state index in [1.807, 2.05) is 11.3 Å². The average molecular weight is 241 g/mol. The van der Waals surface area contributed by atoms with Gasteiger partial charge in [-0.1, -0.05) is 13.8 Å². The number of thiophene rings is 1. The topological polar surface area (TPSA) is 23.5 Å². The number of hydrogen-bond acceptors (Lipinski definition) is 3. The smallest absolute Gasteiger partial charge is 0.0473 e. The summed E-state index contributed by atoms with van der Waals surface area (Å²) in [4.78, 5) is 3.74. The van der Waals surface area contributed by atoms with Gasteiger partial charge >= 0.3 is 0 Å². The number of aliphatic hydroxyl groups is 1. The highest BCUT2D eigenvalue weighted by atomic mass is 32.1. The van der Waals surface area contributed by atoms with Crippen LogP contribution in [0.4, 0.5) is 0 Å². The Morgan fingerprint density at radius 1 is 1.44 bits per heavy atom. The van der Waals surface area contributed by atoms with E-state index < -0.39 is 0 Å². The monoisotopic (exact) mass is 241 g/mol. The first-order valence-electron chi connectivity index (χ1n) is 5.87. The highest BCUT2D eigenvalue weighted by Gasteiger charge is 2.15. The lowest BCUT2D eigenvalue weighted by Crippen LogP contribution is -2.30. The average Bonchev–Trinajstić information content (AvgIpc) is 2.60. The molecule has 0 radical (unpaired) electrons. The van der Waals surface area contributed by atoms with Crippen LogP contribution < -0.4 is 0 Å². The zero-order chi connectivity index (χ0) is 12.1. The first kappa shape index (κ1) is 13.7. The van der Waals surface area contributed by atoms with Crippen LogP contribution in [0.25, 0.3) is 0 Å². The Morgan fingerprint density at radius 3 is 2.56 bits per heavy atom. The van der Waals surface area contributed by atoms with Gasteiger partial charge in [0.25, 0.3) is 0 Å². The molecule has 0 saturated heterocycles. The molecule has 0 aliphatic carbocycles. The molecular weight excluding hydrogens is 218 g/mol. The maximum Gasteiger partial charge on any atom is 0.0473 e. The minimum absolute atomic E-state index is 0.283. The number of hydrogen-bond donors (Lipinski definition) is 1. The third-order valence-electron chi connectivity index (χ3n) is 3.11. The van der Waals surface area contributed by atoms with Crippen molar-refractivity contribution in [1.29, 1.82) is 0 Å². The number of aryl methyl sites for hydroxylation is 1. The van der Waals surface area contributed by atoms with Crippen LogP contribution in [-0.2, 0) is 6.54 Å². The molecule has 0 aliphatic heterocycles. The summed E-state index contributed by atoms with van der Waals surface area (Å²) < 4.78 is 0. The molecule has 0 bridgehead atoms. The van der Waals surface area contributed by atoms with E-state index in [9.17, 15) is 5.11 Å². The Bertz CT molecular complexity index is 309. The number of rotatable bonds is 6. The highest BCUT2D eigenvalue weighted by Crippen LogP contribution is 2.19. The normalized spacial score (nSPS) is 13.7. The van der Waals surface area contributed by atoms with Gasteiger partial charge in [0.05, 0.1) is 0 Å². The molecule has 0 aliphatic rings. The van der Waals surface area contributed by atoms with E-state index in [4.69, 9.17) is 0 Å². The Morgan fingerprint density at radius 2 is 2.12 bits per heavy atom. The highest BCUT2D eigenvalue weighted by molar-refractivity contribution is 7.10. The van der Waals surface area contributed by atoms with Crippen molar-refractivity contribution in [1.82, 2.24) is 4.90 Å². The summed E-state index contributed by atoms with van der Waals surface area (Å²) in [5.41, 5.74) is 1.38. The lowest BCUT2D eigenvalue weighted by Gasteiger charge is -2.25. The van der Waals surface area contributed by atoms with Gasteiger partial charge in [0.1, 0.15) is 0 Å². The van der Waals surface area contributed by atoms with Crippen LogP contribution in [-0.4, -0.2) is 30.2 Å². The van der Waals surface area contributed by atoms with Gasteiger partial charge in [0, 0.05) is 24.6 Å². The van der Waals surface area contributed by atoms with Crippen molar-refractivity contribution in [2.24, 2.45) is 11.8 Å². The number of aliphatic hydroxyl groups excluding tert-OH is 1. The molecular formula is C13H23NOS. The van der Waals surface area contributed by atoms with Gasteiger partial charge in [-0.2, -0.15) is 0 Å². The maximum atomic E-state index is 9.30. The van der Waals surface area contributed by atoms with Crippen molar-refractivity contribution in [3.8, 4) is 0 Å². The van der Waals surface area contributed by atoms with Gasteiger partial charge in [0.15, 0.2) is 0 Å². The van der Waals surface area contributed by atoms with Gasteiger partial charge < -0.3 is 10.0 Å². The van der Waals surface area contributed by atoms with E-state index >= 15 is 0 Å². The number of nitrogens with zero attached hydrogens (tertiary/aromatic N) is 1. The van der Waals surface area contributed by atoms with Crippen molar-refractivity contribution >= 4 is 11.3 Å². The lowest BCUT2D eigenvalue weighted by molar-refractivity contribution is 0.144. The second-order valence-corrected chi connectivity index (χ2v) is 5.91. The minimum atomic E-state index is 0.283. The van der Waals surface area contributed by atoms with Gasteiger partial charge in [-0.15, -0.1) is 11.3 Å². The van der Waals surface area contributed by atoms with Crippen molar-refractivity contribution < 1.29 is 5.11 Å². The molecule has 0 aromatic carbocycles. The molecule has 0 saturated carbocycles. The molecule has 1 N–H and O–H groups in total. The van der Waals surface area contributed by atoms with Crippen molar-refractivity contribution in [3.05, 3.63) is 21.9 Å². The summed E-state index contributed by atoms with van der Waals surface area (Å²) in [6, 6.07) is 2.17. The summed E-state index contributed by atoms with van der Waals surface area (Å²) in [5.74, 6) is 0.919. The van der Waals surface area contributed by atoms with E-state index in [0.717, 1.165) is 13.1 Å². The predicted octanol–water partition coefficient (Wildman–Crippen LogP) is 2.75. The zero-order valence-corrected chi connectivity index (χ0v) is 11.5. The Balaban J connectivity index is 2.47. The summed E-state index contributed by atoms with van der Waals surface area (Å²) in [6.45, 7) is 8.74. The third-order valence-corrected chi connectivity index (χ3v) is 4.11. The molecule has 3 heteroatoms. The second kappa shape index (κ2) is 6.38. The fourth-order valence-corrected chi connectivity index (χ4v) is 2.74. The first-order chi connectivity index (χ1) is 7.54. The van der Waals surface area contributed by atoms with Gasteiger partial charge in [-0.05, 0) is 42.8 Å². The standard InChI is InChI=1S/C13H23NOS/c1-10(2)12(9-15)7-14(4)8-13-11(3)5-6-16-13/h5-6,10,12,15H,7-9H2,1-4H3. The molecule has 2 nitrogen and oxygen atoms in total. The largest absolute Gasteiger partial charge is 0.396 e. The molecule has 0 amide bonds. The van der Waals surface area contributed by atoms with Crippen LogP contribution in [0.1, 0.15) is 24.3 Å². The van der Waals surface area contributed by atoms with Crippen molar-refractivity contribution in [2.45, 2.75) is 27.3 Å². The van der Waals surface area contributed by atoms with Gasteiger partial charge in [0.2, 0.25) is 0 Å². The van der Waals surface area contributed by atoms with E-state index in [1.54, 1.807) is 0 Å². The first-order valence-corrected chi connectivity index (χ1v) is 6.75. The van der Waals surface area contributed by atoms with Gasteiger partial charge in [-0.3, -0.25) is 0 Å². The molecule has 1 atom stereocenters. The Hall–Kier alpha value is -0.380. The van der Waals surface area contributed by atoms with Gasteiger partial charge in [-0.25, -0.2) is 0 Å². The maximum absolute atomic E-state index is 9.30. The second-order valence-electron chi connectivity index (χ2n) is 4.91. The summed E-state index contributed by atoms with van der Waals surface area (Å²) in [5, 5.41) is 11.4.